The number of rotatable bonds is 5. The molecule has 3 atom stereocenters. The Kier molecular flexibility index (Phi) is 4.46. The fourth-order valence-corrected chi connectivity index (χ4v) is 1.93. The van der Waals surface area contributed by atoms with Crippen molar-refractivity contribution in [3.8, 4) is 0 Å². The van der Waals surface area contributed by atoms with Crippen molar-refractivity contribution >= 4 is 5.97 Å². The van der Waals surface area contributed by atoms with E-state index in [4.69, 9.17) is 18.9 Å². The van der Waals surface area contributed by atoms with Crippen molar-refractivity contribution in [1.82, 2.24) is 0 Å². The van der Waals surface area contributed by atoms with Gasteiger partial charge in [0.05, 0.1) is 7.11 Å². The van der Waals surface area contributed by atoms with Gasteiger partial charge in [0.15, 0.2) is 11.9 Å². The van der Waals surface area contributed by atoms with Crippen LogP contribution in [0.2, 0.25) is 0 Å². The number of carbonyl (C=O) groups excluding carboxylic acids is 1. The number of ether oxygens (including phenoxy) is 4. The molecule has 1 heterocycles. The van der Waals surface area contributed by atoms with Crippen molar-refractivity contribution in [2.75, 3.05) is 21.3 Å². The molecule has 1 aliphatic rings. The molecule has 1 saturated heterocycles. The molecule has 0 bridgehead atoms. The highest BCUT2D eigenvalue weighted by molar-refractivity contribution is 5.80. The predicted molar refractivity (Wildman–Crippen MR) is 56.9 cm³/mol. The quantitative estimate of drug-likeness (QED) is 0.518. The maximum Gasteiger partial charge on any atom is 0.338 e. The lowest BCUT2D eigenvalue weighted by molar-refractivity contribution is -0.198. The van der Waals surface area contributed by atoms with E-state index >= 15 is 0 Å². The standard InChI is InChI=1S/C11H18O5/c1-5-6-11(10(12)15-4)7-8(13-2)9(14-3)16-11/h5,8-9H,1,6-7H2,2-4H3/t8-,9-,11-/m0/s1. The van der Waals surface area contributed by atoms with Gasteiger partial charge < -0.3 is 18.9 Å². The molecule has 0 aromatic carbocycles. The molecule has 0 radical (unpaired) electrons. The van der Waals surface area contributed by atoms with Crippen molar-refractivity contribution in [2.24, 2.45) is 0 Å². The lowest BCUT2D eigenvalue weighted by Gasteiger charge is -2.24. The Morgan fingerprint density at radius 2 is 2.19 bits per heavy atom. The van der Waals surface area contributed by atoms with E-state index in [0.29, 0.717) is 12.8 Å². The van der Waals surface area contributed by atoms with Crippen molar-refractivity contribution in [1.29, 1.82) is 0 Å². The molecule has 92 valence electrons. The summed E-state index contributed by atoms with van der Waals surface area (Å²) in [6.07, 6.45) is 1.58. The van der Waals surface area contributed by atoms with Crippen LogP contribution < -0.4 is 0 Å². The first-order chi connectivity index (χ1) is 7.63. The first kappa shape index (κ1) is 13.2. The van der Waals surface area contributed by atoms with E-state index in [9.17, 15) is 4.79 Å². The second-order valence-electron chi connectivity index (χ2n) is 3.68. The molecule has 1 aliphatic heterocycles. The Labute approximate surface area is 95.3 Å². The summed E-state index contributed by atoms with van der Waals surface area (Å²) in [5.74, 6) is -0.422. The van der Waals surface area contributed by atoms with Crippen LogP contribution in [0.1, 0.15) is 12.8 Å². The summed E-state index contributed by atoms with van der Waals surface area (Å²) < 4.78 is 20.7. The third-order valence-corrected chi connectivity index (χ3v) is 2.74. The Balaban J connectivity index is 2.88. The smallest absolute Gasteiger partial charge is 0.338 e. The second kappa shape index (κ2) is 5.43. The number of methoxy groups -OCH3 is 3. The van der Waals surface area contributed by atoms with Gasteiger partial charge in [-0.25, -0.2) is 4.79 Å². The average Bonchev–Trinajstić information content (AvgIpc) is 2.68. The Hall–Kier alpha value is -0.910. The van der Waals surface area contributed by atoms with Crippen LogP contribution in [0.5, 0.6) is 0 Å². The third-order valence-electron chi connectivity index (χ3n) is 2.74. The van der Waals surface area contributed by atoms with E-state index < -0.39 is 17.9 Å². The summed E-state index contributed by atoms with van der Waals surface area (Å²) in [5.41, 5.74) is -1.03. The van der Waals surface area contributed by atoms with E-state index in [0.717, 1.165) is 0 Å². The minimum Gasteiger partial charge on any atom is -0.467 e. The normalized spacial score (nSPS) is 33.7. The lowest BCUT2D eigenvalue weighted by Crippen LogP contribution is -2.39. The van der Waals surface area contributed by atoms with Crippen molar-refractivity contribution in [3.63, 3.8) is 0 Å². The van der Waals surface area contributed by atoms with E-state index in [1.807, 2.05) is 0 Å². The van der Waals surface area contributed by atoms with Gasteiger partial charge in [-0.15, -0.1) is 6.58 Å². The number of esters is 1. The topological polar surface area (TPSA) is 54.0 Å². The molecule has 1 rings (SSSR count). The van der Waals surface area contributed by atoms with Crippen LogP contribution in [-0.2, 0) is 23.7 Å². The molecule has 5 nitrogen and oxygen atoms in total. The minimum atomic E-state index is -1.03. The Morgan fingerprint density at radius 3 is 2.56 bits per heavy atom. The van der Waals surface area contributed by atoms with Crippen LogP contribution in [0.4, 0.5) is 0 Å². The summed E-state index contributed by atoms with van der Waals surface area (Å²) in [6.45, 7) is 3.62. The van der Waals surface area contributed by atoms with Gasteiger partial charge in [-0.2, -0.15) is 0 Å². The highest BCUT2D eigenvalue weighted by Gasteiger charge is 2.52. The van der Waals surface area contributed by atoms with Gasteiger partial charge in [-0.05, 0) is 0 Å². The third kappa shape index (κ3) is 2.26. The molecular weight excluding hydrogens is 212 g/mol. The summed E-state index contributed by atoms with van der Waals surface area (Å²) in [5, 5.41) is 0. The average molecular weight is 230 g/mol. The van der Waals surface area contributed by atoms with Crippen molar-refractivity contribution in [2.45, 2.75) is 30.8 Å². The van der Waals surface area contributed by atoms with Gasteiger partial charge in [0.1, 0.15) is 6.10 Å². The zero-order valence-electron chi connectivity index (χ0n) is 9.89. The lowest BCUT2D eigenvalue weighted by atomic mass is 9.95. The molecule has 16 heavy (non-hydrogen) atoms. The molecule has 5 heteroatoms. The SMILES string of the molecule is C=CC[C@@]1(C(=O)OC)C[C@H](OC)[C@@H](OC)O1. The van der Waals surface area contributed by atoms with E-state index in [2.05, 4.69) is 6.58 Å². The van der Waals surface area contributed by atoms with Crippen LogP contribution in [-0.4, -0.2) is 45.3 Å². The fraction of sp³-hybridized carbons (Fsp3) is 0.727. The molecule has 0 aromatic rings. The van der Waals surface area contributed by atoms with E-state index in [1.165, 1.54) is 14.2 Å². The molecule has 0 saturated carbocycles. The number of hydrogen-bond acceptors (Lipinski definition) is 5. The molecular formula is C11H18O5. The molecule has 0 aromatic heterocycles. The molecule has 0 aliphatic carbocycles. The second-order valence-corrected chi connectivity index (χ2v) is 3.68. The maximum absolute atomic E-state index is 11.7. The van der Waals surface area contributed by atoms with Crippen LogP contribution in [0, 0.1) is 0 Å². The zero-order valence-corrected chi connectivity index (χ0v) is 9.89. The molecule has 0 spiro atoms. The largest absolute Gasteiger partial charge is 0.467 e. The van der Waals surface area contributed by atoms with Gasteiger partial charge in [0.2, 0.25) is 0 Å². The first-order valence-electron chi connectivity index (χ1n) is 5.06. The van der Waals surface area contributed by atoms with Crippen LogP contribution >= 0.6 is 0 Å². The van der Waals surface area contributed by atoms with Crippen LogP contribution in [0.15, 0.2) is 12.7 Å². The molecule has 0 amide bonds. The number of hydrogen-bond donors (Lipinski definition) is 0. The molecule has 1 fully saturated rings. The Morgan fingerprint density at radius 1 is 1.50 bits per heavy atom. The zero-order chi connectivity index (χ0) is 12.2. The monoisotopic (exact) mass is 230 g/mol. The minimum absolute atomic E-state index is 0.274. The van der Waals surface area contributed by atoms with Gasteiger partial charge in [0.25, 0.3) is 0 Å². The highest BCUT2D eigenvalue weighted by atomic mass is 16.7. The van der Waals surface area contributed by atoms with Crippen molar-refractivity contribution in [3.05, 3.63) is 12.7 Å². The summed E-state index contributed by atoms with van der Waals surface area (Å²) in [7, 11) is 4.40. The summed E-state index contributed by atoms with van der Waals surface area (Å²) in [4.78, 5) is 11.7. The van der Waals surface area contributed by atoms with Gasteiger partial charge in [-0.1, -0.05) is 6.08 Å². The van der Waals surface area contributed by atoms with E-state index in [1.54, 1.807) is 13.2 Å². The highest BCUT2D eigenvalue weighted by Crippen LogP contribution is 2.36. The van der Waals surface area contributed by atoms with Gasteiger partial charge in [-0.3, -0.25) is 0 Å². The molecule has 0 unspecified atom stereocenters. The Bertz CT molecular complexity index is 251. The van der Waals surface area contributed by atoms with Crippen LogP contribution in [0.3, 0.4) is 0 Å². The first-order valence-corrected chi connectivity index (χ1v) is 5.06. The summed E-state index contributed by atoms with van der Waals surface area (Å²) in [6, 6.07) is 0. The predicted octanol–water partition coefficient (Wildman–Crippen LogP) is 0.882. The fourth-order valence-electron chi connectivity index (χ4n) is 1.93. The van der Waals surface area contributed by atoms with Gasteiger partial charge >= 0.3 is 5.97 Å². The summed E-state index contributed by atoms with van der Waals surface area (Å²) >= 11 is 0. The van der Waals surface area contributed by atoms with E-state index in [-0.39, 0.29) is 6.10 Å². The van der Waals surface area contributed by atoms with Crippen molar-refractivity contribution < 1.29 is 23.7 Å². The van der Waals surface area contributed by atoms with Gasteiger partial charge in [0, 0.05) is 27.1 Å². The maximum atomic E-state index is 11.7. The van der Waals surface area contributed by atoms with Crippen LogP contribution in [0.25, 0.3) is 0 Å². The number of carbonyl (C=O) groups is 1. The molecule has 0 N–H and O–H groups in total.